The van der Waals surface area contributed by atoms with Crippen LogP contribution in [0.2, 0.25) is 15.1 Å². The van der Waals surface area contributed by atoms with Crippen LogP contribution in [-0.2, 0) is 4.79 Å². The van der Waals surface area contributed by atoms with E-state index < -0.39 is 0 Å². The van der Waals surface area contributed by atoms with Crippen LogP contribution in [0.1, 0.15) is 0 Å². The molecule has 1 N–H and O–H groups in total. The molecular formula is C21H19Cl3N4OS. The van der Waals surface area contributed by atoms with E-state index in [9.17, 15) is 4.79 Å². The Hall–Kier alpha value is -1.83. The average molecular weight is 482 g/mol. The molecule has 156 valence electrons. The third-order valence-electron chi connectivity index (χ3n) is 4.87. The van der Waals surface area contributed by atoms with Crippen molar-refractivity contribution in [1.82, 2.24) is 9.88 Å². The average Bonchev–Trinajstić information content (AvgIpc) is 3.16. The SMILES string of the molecule is O=C(CN1CCN(c2cccc(Cl)c2)CC1)Nc1nc(-c2ccc(Cl)cc2Cl)cs1. The molecule has 1 aliphatic rings. The summed E-state index contributed by atoms with van der Waals surface area (Å²) in [6, 6.07) is 13.1. The zero-order chi connectivity index (χ0) is 21.1. The predicted octanol–water partition coefficient (Wildman–Crippen LogP) is 5.53. The van der Waals surface area contributed by atoms with E-state index in [1.807, 2.05) is 29.6 Å². The van der Waals surface area contributed by atoms with Crippen molar-refractivity contribution in [2.24, 2.45) is 0 Å². The highest BCUT2D eigenvalue weighted by Gasteiger charge is 2.20. The van der Waals surface area contributed by atoms with E-state index in [4.69, 9.17) is 34.8 Å². The molecule has 2 heterocycles. The fourth-order valence-corrected chi connectivity index (χ4v) is 4.77. The lowest BCUT2D eigenvalue weighted by Gasteiger charge is -2.35. The molecule has 3 aromatic rings. The quantitative estimate of drug-likeness (QED) is 0.520. The van der Waals surface area contributed by atoms with Crippen LogP contribution in [-0.4, -0.2) is 48.5 Å². The van der Waals surface area contributed by atoms with Crippen molar-refractivity contribution in [3.05, 3.63) is 62.9 Å². The number of carbonyl (C=O) groups excluding carboxylic acids is 1. The number of rotatable bonds is 5. The summed E-state index contributed by atoms with van der Waals surface area (Å²) in [6.45, 7) is 3.65. The molecule has 1 aliphatic heterocycles. The Morgan fingerprint density at radius 1 is 1.03 bits per heavy atom. The van der Waals surface area contributed by atoms with Crippen LogP contribution in [0.15, 0.2) is 47.8 Å². The lowest BCUT2D eigenvalue weighted by atomic mass is 10.2. The summed E-state index contributed by atoms with van der Waals surface area (Å²) < 4.78 is 0. The first kappa shape index (κ1) is 21.4. The topological polar surface area (TPSA) is 48.5 Å². The molecule has 0 atom stereocenters. The van der Waals surface area contributed by atoms with E-state index >= 15 is 0 Å². The lowest BCUT2D eigenvalue weighted by molar-refractivity contribution is -0.117. The van der Waals surface area contributed by atoms with Gasteiger partial charge in [0.05, 0.1) is 17.3 Å². The van der Waals surface area contributed by atoms with Gasteiger partial charge in [0.15, 0.2) is 5.13 Å². The number of nitrogens with one attached hydrogen (secondary N) is 1. The van der Waals surface area contributed by atoms with Gasteiger partial charge in [-0.1, -0.05) is 40.9 Å². The first-order valence-electron chi connectivity index (χ1n) is 9.41. The monoisotopic (exact) mass is 480 g/mol. The Bertz CT molecular complexity index is 1050. The summed E-state index contributed by atoms with van der Waals surface area (Å²) in [7, 11) is 0. The van der Waals surface area contributed by atoms with Gasteiger partial charge in [-0.25, -0.2) is 4.98 Å². The van der Waals surface area contributed by atoms with Crippen molar-refractivity contribution >= 4 is 62.9 Å². The second kappa shape index (κ2) is 9.54. The number of aromatic nitrogens is 1. The Balaban J connectivity index is 1.30. The maximum atomic E-state index is 12.5. The van der Waals surface area contributed by atoms with Crippen molar-refractivity contribution in [3.8, 4) is 11.3 Å². The Kier molecular flexibility index (Phi) is 6.80. The van der Waals surface area contributed by atoms with Crippen LogP contribution in [0.25, 0.3) is 11.3 Å². The molecule has 1 fully saturated rings. The van der Waals surface area contributed by atoms with Gasteiger partial charge in [-0.05, 0) is 36.4 Å². The molecule has 2 aromatic carbocycles. The number of carbonyl (C=O) groups is 1. The third kappa shape index (κ3) is 5.25. The van der Waals surface area contributed by atoms with Gasteiger partial charge in [-0.15, -0.1) is 11.3 Å². The number of piperazine rings is 1. The van der Waals surface area contributed by atoms with Crippen LogP contribution in [0.3, 0.4) is 0 Å². The van der Waals surface area contributed by atoms with Crippen LogP contribution in [0.5, 0.6) is 0 Å². The minimum absolute atomic E-state index is 0.0747. The van der Waals surface area contributed by atoms with E-state index in [1.165, 1.54) is 11.3 Å². The van der Waals surface area contributed by atoms with Crippen molar-refractivity contribution in [2.75, 3.05) is 42.9 Å². The van der Waals surface area contributed by atoms with Gasteiger partial charge in [0.2, 0.25) is 5.91 Å². The normalized spacial score (nSPS) is 14.7. The second-order valence-electron chi connectivity index (χ2n) is 6.95. The van der Waals surface area contributed by atoms with E-state index in [-0.39, 0.29) is 5.91 Å². The highest BCUT2D eigenvalue weighted by atomic mass is 35.5. The van der Waals surface area contributed by atoms with Gasteiger partial charge in [0.25, 0.3) is 0 Å². The predicted molar refractivity (Wildman–Crippen MR) is 126 cm³/mol. The third-order valence-corrected chi connectivity index (χ3v) is 6.41. The number of halogens is 3. The molecule has 5 nitrogen and oxygen atoms in total. The highest BCUT2D eigenvalue weighted by Crippen LogP contribution is 2.32. The van der Waals surface area contributed by atoms with E-state index in [1.54, 1.807) is 12.1 Å². The summed E-state index contributed by atoms with van der Waals surface area (Å²) in [5.41, 5.74) is 2.62. The molecule has 1 amide bonds. The molecule has 4 rings (SSSR count). The fourth-order valence-electron chi connectivity index (χ4n) is 3.35. The van der Waals surface area contributed by atoms with Crippen molar-refractivity contribution in [3.63, 3.8) is 0 Å². The number of anilines is 2. The van der Waals surface area contributed by atoms with Crippen molar-refractivity contribution in [1.29, 1.82) is 0 Å². The summed E-state index contributed by atoms with van der Waals surface area (Å²) in [6.07, 6.45) is 0. The first-order chi connectivity index (χ1) is 14.5. The molecule has 1 saturated heterocycles. The highest BCUT2D eigenvalue weighted by molar-refractivity contribution is 7.14. The smallest absolute Gasteiger partial charge is 0.240 e. The minimum atomic E-state index is -0.0747. The number of thiazole rings is 1. The molecule has 0 radical (unpaired) electrons. The van der Waals surface area contributed by atoms with Gasteiger partial charge in [-0.2, -0.15) is 0 Å². The zero-order valence-corrected chi connectivity index (χ0v) is 19.0. The van der Waals surface area contributed by atoms with Gasteiger partial charge in [0, 0.05) is 52.9 Å². The maximum absolute atomic E-state index is 12.5. The largest absolute Gasteiger partial charge is 0.369 e. The molecule has 0 unspecified atom stereocenters. The van der Waals surface area contributed by atoms with Gasteiger partial charge >= 0.3 is 0 Å². The summed E-state index contributed by atoms with van der Waals surface area (Å²) in [5.74, 6) is -0.0747. The lowest BCUT2D eigenvalue weighted by Crippen LogP contribution is -2.48. The van der Waals surface area contributed by atoms with Crippen LogP contribution < -0.4 is 10.2 Å². The van der Waals surface area contributed by atoms with Crippen LogP contribution in [0.4, 0.5) is 10.8 Å². The van der Waals surface area contributed by atoms with Gasteiger partial charge < -0.3 is 10.2 Å². The Labute approximate surface area is 194 Å². The fraction of sp³-hybridized carbons (Fsp3) is 0.238. The standard InChI is InChI=1S/C21H19Cl3N4OS/c22-14-2-1-3-16(10-14)28-8-6-27(7-9-28)12-20(29)26-21-25-19(13-30-21)17-5-4-15(23)11-18(17)24/h1-5,10-11,13H,6-9,12H2,(H,25,26,29). The number of benzene rings is 2. The second-order valence-corrected chi connectivity index (χ2v) is 9.09. The molecule has 0 aliphatic carbocycles. The van der Waals surface area contributed by atoms with Crippen LogP contribution >= 0.6 is 46.1 Å². The first-order valence-corrected chi connectivity index (χ1v) is 11.4. The van der Waals surface area contributed by atoms with Crippen molar-refractivity contribution in [2.45, 2.75) is 0 Å². The molecule has 0 spiro atoms. The Morgan fingerprint density at radius 3 is 2.53 bits per heavy atom. The summed E-state index contributed by atoms with van der Waals surface area (Å²) in [4.78, 5) is 21.4. The van der Waals surface area contributed by atoms with E-state index in [0.717, 1.165) is 42.5 Å². The number of hydrogen-bond donors (Lipinski definition) is 1. The molecule has 0 bridgehead atoms. The van der Waals surface area contributed by atoms with Crippen molar-refractivity contribution < 1.29 is 4.79 Å². The molecule has 30 heavy (non-hydrogen) atoms. The summed E-state index contributed by atoms with van der Waals surface area (Å²) >= 11 is 19.7. The zero-order valence-electron chi connectivity index (χ0n) is 15.9. The molecular weight excluding hydrogens is 463 g/mol. The van der Waals surface area contributed by atoms with Gasteiger partial charge in [-0.3, -0.25) is 9.69 Å². The molecule has 1 aromatic heterocycles. The summed E-state index contributed by atoms with van der Waals surface area (Å²) in [5, 5.41) is 7.15. The van der Waals surface area contributed by atoms with Gasteiger partial charge in [0.1, 0.15) is 0 Å². The Morgan fingerprint density at radius 2 is 1.80 bits per heavy atom. The molecule has 9 heteroatoms. The van der Waals surface area contributed by atoms with Crippen LogP contribution in [0, 0.1) is 0 Å². The number of nitrogens with zero attached hydrogens (tertiary/aromatic N) is 3. The minimum Gasteiger partial charge on any atom is -0.369 e. The van der Waals surface area contributed by atoms with E-state index in [0.29, 0.717) is 27.4 Å². The maximum Gasteiger partial charge on any atom is 0.240 e. The number of hydrogen-bond acceptors (Lipinski definition) is 5. The van der Waals surface area contributed by atoms with E-state index in [2.05, 4.69) is 26.2 Å². The molecule has 0 saturated carbocycles. The number of amides is 1.